The maximum Gasteiger partial charge on any atom is 0.168 e. The molecule has 0 bridgehead atoms. The minimum atomic E-state index is 0.514. The zero-order valence-electron chi connectivity index (χ0n) is 5.55. The Kier molecular flexibility index (Phi) is 1.38. The summed E-state index contributed by atoms with van der Waals surface area (Å²) < 4.78 is 0. The second-order valence-corrected chi connectivity index (χ2v) is 1.98. The summed E-state index contributed by atoms with van der Waals surface area (Å²) >= 11 is 0. The molecule has 0 radical (unpaired) electrons. The van der Waals surface area contributed by atoms with Gasteiger partial charge in [-0.1, -0.05) is 0 Å². The topological polar surface area (TPSA) is 51.8 Å². The zero-order chi connectivity index (χ0) is 6.85. The molecule has 3 nitrogen and oxygen atoms in total. The van der Waals surface area contributed by atoms with Crippen LogP contribution in [0.5, 0.6) is 0 Å². The van der Waals surface area contributed by atoms with Gasteiger partial charge in [-0.25, -0.2) is 4.98 Å². The second-order valence-electron chi connectivity index (χ2n) is 1.98. The summed E-state index contributed by atoms with van der Waals surface area (Å²) in [4.78, 5) is 7.98. The molecule has 0 saturated heterocycles. The molecule has 0 aromatic carbocycles. The first-order chi connectivity index (χ1) is 4.20. The van der Waals surface area contributed by atoms with Crippen LogP contribution in [-0.4, -0.2) is 17.8 Å². The van der Waals surface area contributed by atoms with Gasteiger partial charge in [-0.05, 0) is 6.92 Å². The van der Waals surface area contributed by atoms with Gasteiger partial charge in [0.15, 0.2) is 7.85 Å². The Labute approximate surface area is 54.7 Å². The normalized spacial score (nSPS) is 9.44. The van der Waals surface area contributed by atoms with Crippen molar-refractivity contribution in [3.8, 4) is 0 Å². The maximum absolute atomic E-state index is 5.42. The lowest BCUT2D eigenvalue weighted by Crippen LogP contribution is -2.16. The molecule has 0 aliphatic rings. The highest BCUT2D eigenvalue weighted by Crippen LogP contribution is 1.88. The first-order valence-corrected chi connectivity index (χ1v) is 2.76. The molecule has 9 heavy (non-hydrogen) atoms. The van der Waals surface area contributed by atoms with E-state index in [1.54, 1.807) is 6.20 Å². The lowest BCUT2D eigenvalue weighted by atomic mass is 10.0. The fourth-order valence-electron chi connectivity index (χ4n) is 0.607. The number of nitrogens with zero attached hydrogens (tertiary/aromatic N) is 2. The van der Waals surface area contributed by atoms with Gasteiger partial charge in [0.25, 0.3) is 0 Å². The van der Waals surface area contributed by atoms with E-state index in [-0.39, 0.29) is 0 Å². The predicted molar refractivity (Wildman–Crippen MR) is 39.4 cm³/mol. The number of hydrogen-bond donors (Lipinski definition) is 1. The molecule has 0 saturated carbocycles. The van der Waals surface area contributed by atoms with E-state index < -0.39 is 0 Å². The maximum atomic E-state index is 5.42. The molecule has 0 amide bonds. The smallest absolute Gasteiger partial charge is 0.168 e. The number of nitrogen functional groups attached to an aromatic ring is 1. The summed E-state index contributed by atoms with van der Waals surface area (Å²) in [5, 5.41) is 0. The Bertz CT molecular complexity index is 223. The minimum absolute atomic E-state index is 0.514. The van der Waals surface area contributed by atoms with Gasteiger partial charge in [0.05, 0.1) is 11.9 Å². The van der Waals surface area contributed by atoms with Crippen LogP contribution in [0.4, 0.5) is 5.82 Å². The van der Waals surface area contributed by atoms with Crippen molar-refractivity contribution in [3.63, 3.8) is 0 Å². The molecule has 1 rings (SSSR count). The van der Waals surface area contributed by atoms with Crippen LogP contribution in [0, 0.1) is 6.92 Å². The molecule has 2 N–H and O–H groups in total. The Morgan fingerprint density at radius 2 is 2.33 bits per heavy atom. The fraction of sp³-hybridized carbons (Fsp3) is 0.200. The van der Waals surface area contributed by atoms with Crippen molar-refractivity contribution in [2.75, 3.05) is 5.73 Å². The van der Waals surface area contributed by atoms with E-state index in [1.807, 2.05) is 14.8 Å². The zero-order valence-corrected chi connectivity index (χ0v) is 5.55. The summed E-state index contributed by atoms with van der Waals surface area (Å²) in [5.41, 5.74) is 7.12. The largest absolute Gasteiger partial charge is 0.383 e. The number of aromatic nitrogens is 2. The minimum Gasteiger partial charge on any atom is -0.383 e. The van der Waals surface area contributed by atoms with Crippen LogP contribution >= 0.6 is 0 Å². The van der Waals surface area contributed by atoms with Gasteiger partial charge in [0, 0.05) is 5.59 Å². The molecule has 4 heteroatoms. The Morgan fingerprint density at radius 1 is 1.67 bits per heavy atom. The SMILES string of the molecule is Bc1nc(C)cnc1N. The van der Waals surface area contributed by atoms with Crippen molar-refractivity contribution in [2.24, 2.45) is 0 Å². The van der Waals surface area contributed by atoms with Crippen molar-refractivity contribution in [1.82, 2.24) is 9.97 Å². The number of hydrogen-bond acceptors (Lipinski definition) is 3. The Balaban J connectivity index is 3.17. The Morgan fingerprint density at radius 3 is 2.78 bits per heavy atom. The molecule has 1 aromatic rings. The quantitative estimate of drug-likeness (QED) is 0.430. The van der Waals surface area contributed by atoms with Crippen molar-refractivity contribution in [2.45, 2.75) is 6.92 Å². The van der Waals surface area contributed by atoms with Crippen LogP contribution in [-0.2, 0) is 0 Å². The molecule has 0 spiro atoms. The molecule has 0 aliphatic carbocycles. The molecular weight excluding hydrogens is 113 g/mol. The van der Waals surface area contributed by atoms with Crippen LogP contribution < -0.4 is 11.3 Å². The first-order valence-electron chi connectivity index (χ1n) is 2.76. The van der Waals surface area contributed by atoms with Gasteiger partial charge in [-0.3, -0.25) is 4.98 Å². The van der Waals surface area contributed by atoms with Crippen LogP contribution in [0.25, 0.3) is 0 Å². The van der Waals surface area contributed by atoms with Gasteiger partial charge in [0.2, 0.25) is 0 Å². The van der Waals surface area contributed by atoms with E-state index in [4.69, 9.17) is 5.73 Å². The summed E-state index contributed by atoms with van der Waals surface area (Å²) in [6.45, 7) is 1.89. The van der Waals surface area contributed by atoms with Crippen LogP contribution in [0.3, 0.4) is 0 Å². The van der Waals surface area contributed by atoms with E-state index in [2.05, 4.69) is 9.97 Å². The van der Waals surface area contributed by atoms with Gasteiger partial charge >= 0.3 is 0 Å². The highest BCUT2D eigenvalue weighted by Gasteiger charge is 1.92. The summed E-state index contributed by atoms with van der Waals surface area (Å²) in [6, 6.07) is 0. The highest BCUT2D eigenvalue weighted by atomic mass is 14.9. The van der Waals surface area contributed by atoms with E-state index >= 15 is 0 Å². The summed E-state index contributed by atoms with van der Waals surface area (Å²) in [7, 11) is 1.84. The molecule has 0 aliphatic heterocycles. The van der Waals surface area contributed by atoms with Crippen molar-refractivity contribution < 1.29 is 0 Å². The van der Waals surface area contributed by atoms with Gasteiger partial charge in [-0.2, -0.15) is 0 Å². The molecular formula is C5H8BN3. The average Bonchev–Trinajstić information content (AvgIpc) is 1.80. The molecule has 0 atom stereocenters. The summed E-state index contributed by atoms with van der Waals surface area (Å²) in [5.74, 6) is 0.514. The first kappa shape index (κ1) is 6.07. The molecule has 0 fully saturated rings. The number of rotatable bonds is 0. The monoisotopic (exact) mass is 121 g/mol. The van der Waals surface area contributed by atoms with Crippen LogP contribution in [0.2, 0.25) is 0 Å². The van der Waals surface area contributed by atoms with Gasteiger partial charge in [0.1, 0.15) is 5.82 Å². The third-order valence-electron chi connectivity index (χ3n) is 1.11. The lowest BCUT2D eigenvalue weighted by Gasteiger charge is -1.96. The number of aryl methyl sites for hydroxylation is 1. The lowest BCUT2D eigenvalue weighted by molar-refractivity contribution is 1.16. The van der Waals surface area contributed by atoms with E-state index in [0.717, 1.165) is 11.3 Å². The van der Waals surface area contributed by atoms with Crippen molar-refractivity contribution >= 4 is 19.3 Å². The standard InChI is InChI=1S/C5H8BN3/c1-3-2-8-5(7)4(6)9-3/h2H,6H2,1H3,(H2,7,8). The average molecular weight is 121 g/mol. The molecule has 46 valence electrons. The van der Waals surface area contributed by atoms with Crippen LogP contribution in [0.15, 0.2) is 6.20 Å². The van der Waals surface area contributed by atoms with Crippen molar-refractivity contribution in [3.05, 3.63) is 11.9 Å². The second kappa shape index (κ2) is 2.05. The highest BCUT2D eigenvalue weighted by molar-refractivity contribution is 6.33. The van der Waals surface area contributed by atoms with Crippen LogP contribution in [0.1, 0.15) is 5.69 Å². The van der Waals surface area contributed by atoms with E-state index in [0.29, 0.717) is 5.82 Å². The van der Waals surface area contributed by atoms with Crippen molar-refractivity contribution in [1.29, 1.82) is 0 Å². The summed E-state index contributed by atoms with van der Waals surface area (Å²) in [6.07, 6.45) is 1.66. The van der Waals surface area contributed by atoms with E-state index in [9.17, 15) is 0 Å². The van der Waals surface area contributed by atoms with E-state index in [1.165, 1.54) is 0 Å². The molecule has 0 unspecified atom stereocenters. The molecule has 1 aromatic heterocycles. The van der Waals surface area contributed by atoms with Gasteiger partial charge in [-0.15, -0.1) is 0 Å². The third-order valence-corrected chi connectivity index (χ3v) is 1.11. The molecule has 1 heterocycles. The number of nitrogens with two attached hydrogens (primary N) is 1. The predicted octanol–water partition coefficient (Wildman–Crippen LogP) is -1.37. The van der Waals surface area contributed by atoms with Gasteiger partial charge < -0.3 is 5.73 Å². The third kappa shape index (κ3) is 1.19. The fourth-order valence-corrected chi connectivity index (χ4v) is 0.607. The Hall–Kier alpha value is -1.06. The number of anilines is 1.